The number of benzene rings is 1. The van der Waals surface area contributed by atoms with E-state index in [1.165, 1.54) is 24.3 Å². The highest BCUT2D eigenvalue weighted by Crippen LogP contribution is 2.22. The molecule has 0 N–H and O–H groups in total. The molecule has 0 atom stereocenters. The summed E-state index contributed by atoms with van der Waals surface area (Å²) in [5.74, 6) is -1.11. The van der Waals surface area contributed by atoms with Crippen LogP contribution < -0.4 is 4.90 Å². The molecule has 2 amide bonds. The van der Waals surface area contributed by atoms with Crippen LogP contribution in [0.15, 0.2) is 24.3 Å². The van der Waals surface area contributed by atoms with Crippen molar-refractivity contribution < 1.29 is 19.1 Å². The van der Waals surface area contributed by atoms with Crippen molar-refractivity contribution >= 4 is 23.5 Å². The molecule has 0 unspecified atom stereocenters. The maximum atomic E-state index is 11.5. The molecule has 0 bridgehead atoms. The van der Waals surface area contributed by atoms with Crippen molar-refractivity contribution in [1.82, 2.24) is 0 Å². The van der Waals surface area contributed by atoms with Crippen molar-refractivity contribution in [2.24, 2.45) is 0 Å². The normalized spacial score (nSPS) is 14.4. The Hall–Kier alpha value is -2.68. The molecule has 1 saturated heterocycles. The minimum atomic E-state index is -0.618. The molecule has 6 nitrogen and oxygen atoms in total. The van der Waals surface area contributed by atoms with Crippen LogP contribution in [0.1, 0.15) is 23.2 Å². The number of nitriles is 1. The maximum Gasteiger partial charge on any atom is 0.339 e. The van der Waals surface area contributed by atoms with Gasteiger partial charge in [-0.15, -0.1) is 0 Å². The molecule has 0 saturated carbocycles. The predicted octanol–water partition coefficient (Wildman–Crippen LogP) is 1.02. The Labute approximate surface area is 109 Å². The van der Waals surface area contributed by atoms with E-state index in [0.29, 0.717) is 5.69 Å². The van der Waals surface area contributed by atoms with E-state index in [-0.39, 0.29) is 36.8 Å². The number of esters is 1. The van der Waals surface area contributed by atoms with Crippen molar-refractivity contribution in [1.29, 1.82) is 5.26 Å². The molecule has 6 heteroatoms. The summed E-state index contributed by atoms with van der Waals surface area (Å²) in [4.78, 5) is 35.6. The van der Waals surface area contributed by atoms with Gasteiger partial charge in [-0.25, -0.2) is 4.79 Å². The van der Waals surface area contributed by atoms with Gasteiger partial charge in [-0.1, -0.05) is 0 Å². The van der Waals surface area contributed by atoms with Gasteiger partial charge in [0.05, 0.1) is 11.3 Å². The van der Waals surface area contributed by atoms with Crippen LogP contribution in [0.4, 0.5) is 5.69 Å². The van der Waals surface area contributed by atoms with Gasteiger partial charge in [0.2, 0.25) is 11.8 Å². The molecule has 1 aliphatic rings. The molecule has 1 aliphatic heterocycles. The highest BCUT2D eigenvalue weighted by atomic mass is 16.5. The lowest BCUT2D eigenvalue weighted by atomic mass is 10.2. The van der Waals surface area contributed by atoms with Crippen LogP contribution >= 0.6 is 0 Å². The first kappa shape index (κ1) is 12.8. The number of carbonyl (C=O) groups excluding carboxylic acids is 3. The minimum absolute atomic E-state index is 0.213. The quantitative estimate of drug-likeness (QED) is 0.596. The second-order valence-electron chi connectivity index (χ2n) is 3.90. The fraction of sp³-hybridized carbons (Fsp3) is 0.231. The molecule has 1 aromatic carbocycles. The molecule has 2 rings (SSSR count). The number of amides is 2. The number of imide groups is 1. The lowest BCUT2D eigenvalue weighted by molar-refractivity contribution is -0.121. The molecule has 0 spiro atoms. The van der Waals surface area contributed by atoms with Gasteiger partial charge in [-0.2, -0.15) is 5.26 Å². The Bertz CT molecular complexity index is 555. The van der Waals surface area contributed by atoms with Crippen molar-refractivity contribution in [2.45, 2.75) is 12.8 Å². The molecule has 0 aromatic heterocycles. The lowest BCUT2D eigenvalue weighted by Gasteiger charge is -2.13. The molecule has 96 valence electrons. The van der Waals surface area contributed by atoms with E-state index in [2.05, 4.69) is 4.74 Å². The number of nitrogens with zero attached hydrogens (tertiary/aromatic N) is 2. The fourth-order valence-electron chi connectivity index (χ4n) is 1.79. The van der Waals surface area contributed by atoms with Crippen LogP contribution in [0.25, 0.3) is 0 Å². The molecule has 19 heavy (non-hydrogen) atoms. The molecule has 1 heterocycles. The van der Waals surface area contributed by atoms with E-state index in [9.17, 15) is 14.4 Å². The van der Waals surface area contributed by atoms with Gasteiger partial charge >= 0.3 is 5.97 Å². The summed E-state index contributed by atoms with van der Waals surface area (Å²) in [6, 6.07) is 7.61. The summed E-state index contributed by atoms with van der Waals surface area (Å²) in [5, 5.41) is 8.30. The van der Waals surface area contributed by atoms with Crippen molar-refractivity contribution in [2.75, 3.05) is 11.5 Å². The van der Waals surface area contributed by atoms with Crippen LogP contribution in [0.5, 0.6) is 0 Å². The third-order valence-corrected chi connectivity index (χ3v) is 2.68. The highest BCUT2D eigenvalue weighted by Gasteiger charge is 2.30. The van der Waals surface area contributed by atoms with Gasteiger partial charge in [0.15, 0.2) is 6.61 Å². The zero-order valence-corrected chi connectivity index (χ0v) is 9.96. The zero-order chi connectivity index (χ0) is 13.8. The molecular weight excluding hydrogens is 248 g/mol. The van der Waals surface area contributed by atoms with E-state index < -0.39 is 5.97 Å². The van der Waals surface area contributed by atoms with Crippen LogP contribution in [0.2, 0.25) is 0 Å². The molecule has 0 aliphatic carbocycles. The lowest BCUT2D eigenvalue weighted by Crippen LogP contribution is -2.28. The SMILES string of the molecule is N#CCOC(=O)c1ccc(N2C(=O)CCC2=O)cc1. The number of carbonyl (C=O) groups is 3. The predicted molar refractivity (Wildman–Crippen MR) is 64.1 cm³/mol. The summed E-state index contributed by atoms with van der Waals surface area (Å²) >= 11 is 0. The number of anilines is 1. The van der Waals surface area contributed by atoms with Crippen LogP contribution in [-0.2, 0) is 14.3 Å². The summed E-state index contributed by atoms with van der Waals surface area (Å²) < 4.78 is 4.64. The molecule has 1 fully saturated rings. The minimum Gasteiger partial charge on any atom is -0.447 e. The monoisotopic (exact) mass is 258 g/mol. The third kappa shape index (κ3) is 2.60. The average molecular weight is 258 g/mol. The Balaban J connectivity index is 2.15. The van der Waals surface area contributed by atoms with Crippen molar-refractivity contribution in [3.63, 3.8) is 0 Å². The molecular formula is C13H10N2O4. The van der Waals surface area contributed by atoms with Gasteiger partial charge < -0.3 is 4.74 Å². The second kappa shape index (κ2) is 5.31. The zero-order valence-electron chi connectivity index (χ0n) is 9.96. The van der Waals surface area contributed by atoms with Gasteiger partial charge in [0.1, 0.15) is 6.07 Å². The van der Waals surface area contributed by atoms with Crippen LogP contribution in [0.3, 0.4) is 0 Å². The number of ether oxygens (including phenoxy) is 1. The maximum absolute atomic E-state index is 11.5. The second-order valence-corrected chi connectivity index (χ2v) is 3.90. The number of hydrogen-bond donors (Lipinski definition) is 0. The fourth-order valence-corrected chi connectivity index (χ4v) is 1.79. The smallest absolute Gasteiger partial charge is 0.339 e. The van der Waals surface area contributed by atoms with Gasteiger partial charge in [-0.05, 0) is 24.3 Å². The van der Waals surface area contributed by atoms with Crippen molar-refractivity contribution in [3.8, 4) is 6.07 Å². The Kier molecular flexibility index (Phi) is 3.57. The Morgan fingerprint density at radius 1 is 1.21 bits per heavy atom. The van der Waals surface area contributed by atoms with Crippen LogP contribution in [0, 0.1) is 11.3 Å². The number of hydrogen-bond acceptors (Lipinski definition) is 5. The van der Waals surface area contributed by atoms with E-state index in [1.807, 2.05) is 0 Å². The van der Waals surface area contributed by atoms with Gasteiger partial charge in [-0.3, -0.25) is 14.5 Å². The summed E-state index contributed by atoms with van der Waals surface area (Å²) in [5.41, 5.74) is 0.697. The van der Waals surface area contributed by atoms with E-state index >= 15 is 0 Å². The topological polar surface area (TPSA) is 87.5 Å². The number of rotatable bonds is 3. The summed E-state index contributed by atoms with van der Waals surface area (Å²) in [7, 11) is 0. The summed E-state index contributed by atoms with van der Waals surface area (Å²) in [6.45, 7) is -0.316. The first-order valence-electron chi connectivity index (χ1n) is 5.63. The standard InChI is InChI=1S/C13H10N2O4/c14-7-8-19-13(18)9-1-3-10(4-2-9)15-11(16)5-6-12(15)17/h1-4H,5-6,8H2. The van der Waals surface area contributed by atoms with Gasteiger partial charge in [0.25, 0.3) is 0 Å². The van der Waals surface area contributed by atoms with E-state index in [4.69, 9.17) is 5.26 Å². The Morgan fingerprint density at radius 3 is 2.32 bits per heavy atom. The van der Waals surface area contributed by atoms with Crippen molar-refractivity contribution in [3.05, 3.63) is 29.8 Å². The largest absolute Gasteiger partial charge is 0.447 e. The molecule has 0 radical (unpaired) electrons. The third-order valence-electron chi connectivity index (χ3n) is 2.68. The average Bonchev–Trinajstić information content (AvgIpc) is 2.76. The van der Waals surface area contributed by atoms with E-state index in [1.54, 1.807) is 6.07 Å². The molecule has 1 aromatic rings. The van der Waals surface area contributed by atoms with E-state index in [0.717, 1.165) is 4.90 Å². The van der Waals surface area contributed by atoms with Crippen LogP contribution in [-0.4, -0.2) is 24.4 Å². The van der Waals surface area contributed by atoms with Gasteiger partial charge in [0, 0.05) is 12.8 Å². The Morgan fingerprint density at radius 2 is 1.79 bits per heavy atom. The first-order valence-corrected chi connectivity index (χ1v) is 5.63. The first-order chi connectivity index (χ1) is 9.13. The summed E-state index contributed by atoms with van der Waals surface area (Å²) in [6.07, 6.45) is 0.426. The highest BCUT2D eigenvalue weighted by molar-refractivity contribution is 6.19.